The van der Waals surface area contributed by atoms with E-state index in [1.807, 2.05) is 0 Å². The summed E-state index contributed by atoms with van der Waals surface area (Å²) in [5, 5.41) is 20.1. The highest BCUT2D eigenvalue weighted by Gasteiger charge is 2.16. The molecule has 1 aromatic carbocycles. The van der Waals surface area contributed by atoms with Crippen molar-refractivity contribution in [3.63, 3.8) is 0 Å². The van der Waals surface area contributed by atoms with Gasteiger partial charge in [0.2, 0.25) is 0 Å². The molecule has 2 rings (SSSR count). The van der Waals surface area contributed by atoms with Crippen LogP contribution in [0.5, 0.6) is 0 Å². The van der Waals surface area contributed by atoms with Crippen molar-refractivity contribution in [3.8, 4) is 0 Å². The van der Waals surface area contributed by atoms with E-state index in [4.69, 9.17) is 22.5 Å². The van der Waals surface area contributed by atoms with Crippen molar-refractivity contribution in [1.82, 2.24) is 10.2 Å². The number of carbonyl (C=O) groups is 1. The average molecular weight is 298 g/mol. The van der Waals surface area contributed by atoms with Gasteiger partial charge in [0.15, 0.2) is 5.84 Å². The highest BCUT2D eigenvalue weighted by atomic mass is 35.5. The third kappa shape index (κ3) is 2.69. The Hall–Kier alpha value is -2.61. The fourth-order valence-corrected chi connectivity index (χ4v) is 1.65. The van der Waals surface area contributed by atoms with Crippen LogP contribution in [0.1, 0.15) is 15.9 Å². The maximum absolute atomic E-state index is 13.5. The van der Waals surface area contributed by atoms with Crippen LogP contribution in [-0.2, 0) is 0 Å². The van der Waals surface area contributed by atoms with Crippen molar-refractivity contribution in [2.45, 2.75) is 0 Å². The van der Waals surface area contributed by atoms with E-state index in [0.717, 1.165) is 6.07 Å². The summed E-state index contributed by atoms with van der Waals surface area (Å²) in [4.78, 5) is 11.9. The zero-order chi connectivity index (χ0) is 14.7. The van der Waals surface area contributed by atoms with E-state index in [1.165, 1.54) is 18.3 Å². The number of carbonyl (C=O) groups excluding carboxylic acids is 1. The number of oxime groups is 1. The van der Waals surface area contributed by atoms with Gasteiger partial charge >= 0.3 is 0 Å². The number of rotatable bonds is 3. The zero-order valence-electron chi connectivity index (χ0n) is 9.89. The van der Waals surface area contributed by atoms with E-state index in [1.54, 1.807) is 0 Å². The normalized spacial score (nSPS) is 11.4. The van der Waals surface area contributed by atoms with Crippen molar-refractivity contribution in [2.24, 2.45) is 10.9 Å². The van der Waals surface area contributed by atoms with Crippen LogP contribution >= 0.6 is 11.6 Å². The first-order valence-corrected chi connectivity index (χ1v) is 5.68. The predicted molar refractivity (Wildman–Crippen MR) is 70.5 cm³/mol. The van der Waals surface area contributed by atoms with Crippen LogP contribution in [0.25, 0.3) is 0 Å². The fourth-order valence-electron chi connectivity index (χ4n) is 1.48. The molecule has 0 aliphatic carbocycles. The van der Waals surface area contributed by atoms with Crippen LogP contribution in [0, 0.1) is 5.82 Å². The molecule has 7 nitrogen and oxygen atoms in total. The van der Waals surface area contributed by atoms with Crippen LogP contribution in [0.2, 0.25) is 5.02 Å². The summed E-state index contributed by atoms with van der Waals surface area (Å²) >= 11 is 5.71. The minimum Gasteiger partial charge on any atom is -0.409 e. The third-order valence-electron chi connectivity index (χ3n) is 2.43. The first-order valence-electron chi connectivity index (χ1n) is 5.30. The molecule has 104 valence electrons. The maximum Gasteiger partial charge on any atom is 0.259 e. The number of amides is 1. The van der Waals surface area contributed by atoms with Gasteiger partial charge in [-0.15, -0.1) is 0 Å². The van der Waals surface area contributed by atoms with Gasteiger partial charge in [-0.05, 0) is 18.2 Å². The molecule has 0 aliphatic rings. The number of hydrogen-bond donors (Lipinski definition) is 4. The largest absolute Gasteiger partial charge is 0.409 e. The van der Waals surface area contributed by atoms with Gasteiger partial charge in [0, 0.05) is 5.02 Å². The Morgan fingerprint density at radius 2 is 2.25 bits per heavy atom. The first kappa shape index (κ1) is 13.8. The number of amidine groups is 1. The van der Waals surface area contributed by atoms with Crippen LogP contribution in [0.15, 0.2) is 29.6 Å². The lowest BCUT2D eigenvalue weighted by atomic mass is 10.2. The number of aromatic nitrogens is 2. The Bertz CT molecular complexity index is 685. The quantitative estimate of drug-likeness (QED) is 0.297. The van der Waals surface area contributed by atoms with Crippen molar-refractivity contribution < 1.29 is 14.4 Å². The first-order chi connectivity index (χ1) is 9.52. The molecule has 1 aromatic heterocycles. The van der Waals surface area contributed by atoms with Gasteiger partial charge in [0.25, 0.3) is 5.91 Å². The Kier molecular flexibility index (Phi) is 3.85. The predicted octanol–water partition coefficient (Wildman–Crippen LogP) is 1.55. The Morgan fingerprint density at radius 1 is 1.50 bits per heavy atom. The van der Waals surface area contributed by atoms with Crippen molar-refractivity contribution in [1.29, 1.82) is 0 Å². The smallest absolute Gasteiger partial charge is 0.259 e. The number of benzene rings is 1. The lowest BCUT2D eigenvalue weighted by molar-refractivity contribution is 0.102. The summed E-state index contributed by atoms with van der Waals surface area (Å²) < 4.78 is 13.5. The van der Waals surface area contributed by atoms with Gasteiger partial charge in [0.1, 0.15) is 11.6 Å². The van der Waals surface area contributed by atoms with Crippen LogP contribution < -0.4 is 11.1 Å². The van der Waals surface area contributed by atoms with Crippen molar-refractivity contribution in [2.75, 3.05) is 5.32 Å². The molecule has 0 bridgehead atoms. The van der Waals surface area contributed by atoms with Gasteiger partial charge in [-0.25, -0.2) is 4.39 Å². The van der Waals surface area contributed by atoms with E-state index in [2.05, 4.69) is 20.7 Å². The Balaban J connectivity index is 2.29. The van der Waals surface area contributed by atoms with E-state index in [0.29, 0.717) is 0 Å². The van der Waals surface area contributed by atoms with Gasteiger partial charge in [-0.2, -0.15) is 5.10 Å². The van der Waals surface area contributed by atoms with Crippen LogP contribution in [-0.4, -0.2) is 27.1 Å². The summed E-state index contributed by atoms with van der Waals surface area (Å²) in [6, 6.07) is 3.59. The van der Waals surface area contributed by atoms with Crippen LogP contribution in [0.4, 0.5) is 10.2 Å². The average Bonchev–Trinajstić information content (AvgIpc) is 2.88. The van der Waals surface area contributed by atoms with E-state index >= 15 is 0 Å². The van der Waals surface area contributed by atoms with Crippen molar-refractivity contribution >= 4 is 29.2 Å². The van der Waals surface area contributed by atoms with Crippen molar-refractivity contribution in [3.05, 3.63) is 46.4 Å². The molecule has 0 atom stereocenters. The highest BCUT2D eigenvalue weighted by molar-refractivity contribution is 6.31. The van der Waals surface area contributed by atoms with Gasteiger partial charge < -0.3 is 16.3 Å². The summed E-state index contributed by atoms with van der Waals surface area (Å²) in [6.07, 6.45) is 1.25. The number of nitrogens with zero attached hydrogens (tertiary/aromatic N) is 2. The molecule has 0 spiro atoms. The second-order valence-corrected chi connectivity index (χ2v) is 4.16. The molecule has 0 aliphatic heterocycles. The SMILES string of the molecule is NC(=NO)c1cn[nH]c1NC(=O)c1cc(Cl)ccc1F. The molecule has 20 heavy (non-hydrogen) atoms. The lowest BCUT2D eigenvalue weighted by Crippen LogP contribution is -2.19. The highest BCUT2D eigenvalue weighted by Crippen LogP contribution is 2.17. The molecule has 0 saturated carbocycles. The number of H-pyrrole nitrogens is 1. The number of hydrogen-bond acceptors (Lipinski definition) is 4. The van der Waals surface area contributed by atoms with Crippen LogP contribution in [0.3, 0.4) is 0 Å². The molecule has 0 radical (unpaired) electrons. The van der Waals surface area contributed by atoms with E-state index in [-0.39, 0.29) is 27.8 Å². The number of anilines is 1. The maximum atomic E-state index is 13.5. The second kappa shape index (κ2) is 5.57. The summed E-state index contributed by atoms with van der Waals surface area (Å²) in [5.74, 6) is -1.65. The molecule has 9 heteroatoms. The number of aromatic amines is 1. The van der Waals surface area contributed by atoms with Gasteiger partial charge in [-0.3, -0.25) is 9.89 Å². The second-order valence-electron chi connectivity index (χ2n) is 3.72. The lowest BCUT2D eigenvalue weighted by Gasteiger charge is -2.06. The summed E-state index contributed by atoms with van der Waals surface area (Å²) in [7, 11) is 0. The molecule has 1 heterocycles. The van der Waals surface area contributed by atoms with E-state index in [9.17, 15) is 9.18 Å². The van der Waals surface area contributed by atoms with Gasteiger partial charge in [-0.1, -0.05) is 16.8 Å². The summed E-state index contributed by atoms with van der Waals surface area (Å²) in [5.41, 5.74) is 5.33. The molecule has 0 saturated heterocycles. The monoisotopic (exact) mass is 297 g/mol. The Labute approximate surface area is 117 Å². The number of nitrogens with two attached hydrogens (primary N) is 1. The zero-order valence-corrected chi connectivity index (χ0v) is 10.6. The molecule has 0 unspecified atom stereocenters. The minimum absolute atomic E-state index is 0.0738. The number of halogens is 2. The van der Waals surface area contributed by atoms with Gasteiger partial charge in [0.05, 0.1) is 17.3 Å². The molecule has 0 fully saturated rings. The topological polar surface area (TPSA) is 116 Å². The third-order valence-corrected chi connectivity index (χ3v) is 2.67. The number of nitrogens with one attached hydrogen (secondary N) is 2. The summed E-state index contributed by atoms with van der Waals surface area (Å²) in [6.45, 7) is 0. The molecule has 5 N–H and O–H groups in total. The fraction of sp³-hybridized carbons (Fsp3) is 0. The Morgan fingerprint density at radius 3 is 2.95 bits per heavy atom. The standard InChI is InChI=1S/C11H9ClFN5O2/c12-5-1-2-8(13)6(3-5)11(19)16-10-7(4-15-17-10)9(14)18-20/h1-4,20H,(H2,14,18)(H2,15,16,17,19). The molecular weight excluding hydrogens is 289 g/mol. The minimum atomic E-state index is -0.749. The molecule has 1 amide bonds. The van der Waals surface area contributed by atoms with E-state index < -0.39 is 11.7 Å². The molecular formula is C11H9ClFN5O2. The molecule has 2 aromatic rings.